The van der Waals surface area contributed by atoms with Crippen molar-refractivity contribution in [3.05, 3.63) is 50.9 Å². The topological polar surface area (TPSA) is 52.5 Å². The van der Waals surface area contributed by atoms with Crippen molar-refractivity contribution in [2.75, 3.05) is 5.32 Å². The Morgan fingerprint density at radius 1 is 1.05 bits per heavy atom. The van der Waals surface area contributed by atoms with Crippen LogP contribution in [0, 0.1) is 0 Å². The number of hydrogen-bond acceptors (Lipinski definition) is 3. The Balaban J connectivity index is 2.31. The zero-order valence-corrected chi connectivity index (χ0v) is 13.4. The van der Waals surface area contributed by atoms with Gasteiger partial charge < -0.3 is 15.5 Å². The standard InChI is InChI=1S/C14H13Br2NO2/c1-8(10-7-9(18)5-6-13(10)19)17-14-11(15)3-2-4-12(14)16/h2-8,17-19H,1H3. The lowest BCUT2D eigenvalue weighted by Gasteiger charge is -2.19. The Kier molecular flexibility index (Phi) is 4.37. The van der Waals surface area contributed by atoms with E-state index in [0.717, 1.165) is 14.6 Å². The summed E-state index contributed by atoms with van der Waals surface area (Å²) in [5.74, 6) is 0.286. The van der Waals surface area contributed by atoms with Crippen LogP contribution in [0.3, 0.4) is 0 Å². The lowest BCUT2D eigenvalue weighted by molar-refractivity contribution is 0.451. The molecule has 5 heteroatoms. The van der Waals surface area contributed by atoms with Gasteiger partial charge in [-0.1, -0.05) is 6.07 Å². The molecule has 0 heterocycles. The minimum atomic E-state index is -0.151. The van der Waals surface area contributed by atoms with Gasteiger partial charge >= 0.3 is 0 Å². The first-order valence-electron chi connectivity index (χ1n) is 5.71. The first kappa shape index (κ1) is 14.2. The Bertz CT molecular complexity index is 582. The van der Waals surface area contributed by atoms with E-state index < -0.39 is 0 Å². The number of benzene rings is 2. The van der Waals surface area contributed by atoms with Crippen molar-refractivity contribution in [1.82, 2.24) is 0 Å². The number of rotatable bonds is 3. The zero-order valence-electron chi connectivity index (χ0n) is 10.2. The van der Waals surface area contributed by atoms with Gasteiger partial charge in [-0.3, -0.25) is 0 Å². The molecule has 0 aliphatic rings. The molecule has 3 nitrogen and oxygen atoms in total. The van der Waals surface area contributed by atoms with Gasteiger partial charge in [0.2, 0.25) is 0 Å². The lowest BCUT2D eigenvalue weighted by atomic mass is 10.1. The molecule has 0 aromatic heterocycles. The van der Waals surface area contributed by atoms with Gasteiger partial charge in [0.05, 0.1) is 11.7 Å². The van der Waals surface area contributed by atoms with Crippen LogP contribution >= 0.6 is 31.9 Å². The molecular formula is C14H13Br2NO2. The second kappa shape index (κ2) is 5.84. The fourth-order valence-electron chi connectivity index (χ4n) is 1.82. The molecule has 3 N–H and O–H groups in total. The third-order valence-corrected chi connectivity index (χ3v) is 4.12. The molecule has 0 fully saturated rings. The first-order valence-corrected chi connectivity index (χ1v) is 7.30. The lowest BCUT2D eigenvalue weighted by Crippen LogP contribution is -2.07. The average molecular weight is 387 g/mol. The molecule has 2 aromatic carbocycles. The van der Waals surface area contributed by atoms with E-state index >= 15 is 0 Å². The number of halogens is 2. The van der Waals surface area contributed by atoms with Crippen LogP contribution in [0.2, 0.25) is 0 Å². The molecule has 0 saturated heterocycles. The number of phenolic OH excluding ortho intramolecular Hbond substituents is 2. The van der Waals surface area contributed by atoms with E-state index in [9.17, 15) is 10.2 Å². The second-order valence-electron chi connectivity index (χ2n) is 4.21. The van der Waals surface area contributed by atoms with Crippen molar-refractivity contribution in [3.8, 4) is 11.5 Å². The van der Waals surface area contributed by atoms with Gasteiger partial charge in [0.25, 0.3) is 0 Å². The Labute approximate surface area is 128 Å². The number of nitrogens with one attached hydrogen (secondary N) is 1. The molecule has 2 rings (SSSR count). The summed E-state index contributed by atoms with van der Waals surface area (Å²) >= 11 is 6.95. The summed E-state index contributed by atoms with van der Waals surface area (Å²) in [7, 11) is 0. The fourth-order valence-corrected chi connectivity index (χ4v) is 3.05. The van der Waals surface area contributed by atoms with Gasteiger partial charge in [0, 0.05) is 14.5 Å². The van der Waals surface area contributed by atoms with E-state index in [4.69, 9.17) is 0 Å². The van der Waals surface area contributed by atoms with Crippen molar-refractivity contribution in [1.29, 1.82) is 0 Å². The van der Waals surface area contributed by atoms with Gasteiger partial charge in [0.15, 0.2) is 0 Å². The van der Waals surface area contributed by atoms with E-state index in [-0.39, 0.29) is 17.5 Å². The molecule has 0 bridgehead atoms. The van der Waals surface area contributed by atoms with E-state index in [1.165, 1.54) is 12.1 Å². The highest BCUT2D eigenvalue weighted by atomic mass is 79.9. The summed E-state index contributed by atoms with van der Waals surface area (Å²) in [6.07, 6.45) is 0. The van der Waals surface area contributed by atoms with Crippen LogP contribution in [0.5, 0.6) is 11.5 Å². The number of para-hydroxylation sites is 1. The van der Waals surface area contributed by atoms with Crippen molar-refractivity contribution in [3.63, 3.8) is 0 Å². The second-order valence-corrected chi connectivity index (χ2v) is 5.91. The Hall–Kier alpha value is -1.20. The van der Waals surface area contributed by atoms with Crippen molar-refractivity contribution < 1.29 is 10.2 Å². The Morgan fingerprint density at radius 3 is 2.32 bits per heavy atom. The predicted molar refractivity (Wildman–Crippen MR) is 83.7 cm³/mol. The first-order chi connectivity index (χ1) is 8.99. The molecule has 100 valence electrons. The zero-order chi connectivity index (χ0) is 14.0. The van der Waals surface area contributed by atoms with Gasteiger partial charge in [-0.25, -0.2) is 0 Å². The third kappa shape index (κ3) is 3.22. The van der Waals surface area contributed by atoms with E-state index in [0.29, 0.717) is 5.56 Å². The summed E-state index contributed by atoms with van der Waals surface area (Å²) in [5.41, 5.74) is 1.54. The molecule has 0 radical (unpaired) electrons. The van der Waals surface area contributed by atoms with Gasteiger partial charge in [-0.2, -0.15) is 0 Å². The molecule has 0 aliphatic carbocycles. The predicted octanol–water partition coefficient (Wildman–Crippen LogP) is 4.80. The van der Waals surface area contributed by atoms with Crippen LogP contribution in [0.25, 0.3) is 0 Å². The van der Waals surface area contributed by atoms with Crippen molar-refractivity contribution in [2.45, 2.75) is 13.0 Å². The summed E-state index contributed by atoms with van der Waals surface area (Å²) in [6.45, 7) is 1.92. The largest absolute Gasteiger partial charge is 0.508 e. The monoisotopic (exact) mass is 385 g/mol. The number of anilines is 1. The van der Waals surface area contributed by atoms with Gasteiger partial charge in [-0.05, 0) is 69.1 Å². The van der Waals surface area contributed by atoms with Crippen LogP contribution in [0.1, 0.15) is 18.5 Å². The fraction of sp³-hybridized carbons (Fsp3) is 0.143. The Morgan fingerprint density at radius 2 is 1.68 bits per heavy atom. The summed E-state index contributed by atoms with van der Waals surface area (Å²) in [5, 5.41) is 22.6. The average Bonchev–Trinajstić information content (AvgIpc) is 2.37. The molecule has 0 spiro atoms. The molecule has 0 aliphatic heterocycles. The molecule has 2 aromatic rings. The highest BCUT2D eigenvalue weighted by Crippen LogP contribution is 2.35. The van der Waals surface area contributed by atoms with Crippen LogP contribution < -0.4 is 5.32 Å². The highest BCUT2D eigenvalue weighted by Gasteiger charge is 2.14. The van der Waals surface area contributed by atoms with Crippen LogP contribution in [0.4, 0.5) is 5.69 Å². The maximum atomic E-state index is 9.85. The normalized spacial score (nSPS) is 12.2. The molecule has 19 heavy (non-hydrogen) atoms. The molecular weight excluding hydrogens is 374 g/mol. The summed E-state index contributed by atoms with van der Waals surface area (Å²) in [6, 6.07) is 10.1. The van der Waals surface area contributed by atoms with E-state index in [1.807, 2.05) is 25.1 Å². The van der Waals surface area contributed by atoms with Crippen molar-refractivity contribution >= 4 is 37.5 Å². The van der Waals surface area contributed by atoms with E-state index in [2.05, 4.69) is 37.2 Å². The summed E-state index contributed by atoms with van der Waals surface area (Å²) < 4.78 is 1.85. The van der Waals surface area contributed by atoms with Gasteiger partial charge in [-0.15, -0.1) is 0 Å². The van der Waals surface area contributed by atoms with Crippen LogP contribution in [-0.2, 0) is 0 Å². The number of aromatic hydroxyl groups is 2. The molecule has 1 atom stereocenters. The number of hydrogen-bond donors (Lipinski definition) is 3. The third-order valence-electron chi connectivity index (χ3n) is 2.80. The smallest absolute Gasteiger partial charge is 0.121 e. The highest BCUT2D eigenvalue weighted by molar-refractivity contribution is 9.11. The minimum Gasteiger partial charge on any atom is -0.508 e. The quantitative estimate of drug-likeness (QED) is 0.664. The van der Waals surface area contributed by atoms with Crippen LogP contribution in [-0.4, -0.2) is 10.2 Å². The maximum absolute atomic E-state index is 9.85. The minimum absolute atomic E-state index is 0.132. The van der Waals surface area contributed by atoms with Crippen LogP contribution in [0.15, 0.2) is 45.3 Å². The molecule has 0 saturated carbocycles. The van der Waals surface area contributed by atoms with Gasteiger partial charge in [0.1, 0.15) is 11.5 Å². The SMILES string of the molecule is CC(Nc1c(Br)cccc1Br)c1cc(O)ccc1O. The summed E-state index contributed by atoms with van der Waals surface area (Å²) in [4.78, 5) is 0. The van der Waals surface area contributed by atoms with E-state index in [1.54, 1.807) is 6.07 Å². The molecule has 1 unspecified atom stereocenters. The maximum Gasteiger partial charge on any atom is 0.121 e. The van der Waals surface area contributed by atoms with Crippen molar-refractivity contribution in [2.24, 2.45) is 0 Å². The molecule has 0 amide bonds. The number of phenols is 2.